The van der Waals surface area contributed by atoms with E-state index in [9.17, 15) is 4.79 Å². The van der Waals surface area contributed by atoms with Gasteiger partial charge in [-0.25, -0.2) is 0 Å². The number of rotatable bonds is 5. The molecule has 1 unspecified atom stereocenters. The molecule has 0 saturated carbocycles. The summed E-state index contributed by atoms with van der Waals surface area (Å²) in [4.78, 5) is 15.1. The maximum absolute atomic E-state index is 12.7. The van der Waals surface area contributed by atoms with E-state index >= 15 is 0 Å². The van der Waals surface area contributed by atoms with Crippen LogP contribution in [0.3, 0.4) is 0 Å². The van der Waals surface area contributed by atoms with Crippen molar-refractivity contribution in [3.05, 3.63) is 47.8 Å². The van der Waals surface area contributed by atoms with Gasteiger partial charge in [-0.2, -0.15) is 5.10 Å². The Morgan fingerprint density at radius 1 is 1.29 bits per heavy atom. The molecule has 28 heavy (non-hydrogen) atoms. The number of amides is 1. The van der Waals surface area contributed by atoms with E-state index in [4.69, 9.17) is 0 Å². The van der Waals surface area contributed by atoms with Crippen LogP contribution in [0, 0.1) is 5.92 Å². The Balaban J connectivity index is 0.00000140. The quantitative estimate of drug-likeness (QED) is 0.769. The van der Waals surface area contributed by atoms with Crippen LogP contribution in [0.15, 0.2) is 36.7 Å². The Kier molecular flexibility index (Phi) is 7.75. The third-order valence-corrected chi connectivity index (χ3v) is 5.70. The van der Waals surface area contributed by atoms with E-state index < -0.39 is 0 Å². The van der Waals surface area contributed by atoms with E-state index in [0.29, 0.717) is 12.6 Å². The lowest BCUT2D eigenvalue weighted by Gasteiger charge is -2.25. The van der Waals surface area contributed by atoms with Crippen molar-refractivity contribution in [2.75, 3.05) is 31.1 Å². The van der Waals surface area contributed by atoms with E-state index in [1.54, 1.807) is 4.68 Å². The molecule has 0 spiro atoms. The van der Waals surface area contributed by atoms with E-state index in [1.165, 1.54) is 11.3 Å². The number of aromatic nitrogens is 2. The summed E-state index contributed by atoms with van der Waals surface area (Å²) in [6.07, 6.45) is 4.97. The van der Waals surface area contributed by atoms with Gasteiger partial charge in [0.1, 0.15) is 0 Å². The average molecular weight is 426 g/mol. The number of para-hydroxylation sites is 1. The Bertz CT molecular complexity index is 796. The van der Waals surface area contributed by atoms with Gasteiger partial charge in [0.25, 0.3) is 0 Å². The van der Waals surface area contributed by atoms with Crippen LogP contribution in [0.5, 0.6) is 0 Å². The van der Waals surface area contributed by atoms with Crippen molar-refractivity contribution < 1.29 is 4.79 Å². The van der Waals surface area contributed by atoms with E-state index in [1.807, 2.05) is 19.4 Å². The lowest BCUT2D eigenvalue weighted by atomic mass is 9.90. The molecule has 1 saturated heterocycles. The molecule has 6 nitrogen and oxygen atoms in total. The standard InChI is InChI=1S/C20H27N5O.2ClH/c1-14-9-15-5-3-4-6-19(15)25(14)8-7-22-20(26)18-12-21-11-17(18)16-10-23-24(2)13-16;;/h3-6,10,13-14,17-18,21H,7-9,11-12H2,1-2H3,(H,22,26);2*1H/t14?,17-,18+;;/m1../s1. The number of hydrogen-bond donors (Lipinski definition) is 2. The second-order valence-electron chi connectivity index (χ2n) is 7.48. The van der Waals surface area contributed by atoms with Gasteiger partial charge >= 0.3 is 0 Å². The normalized spacial score (nSPS) is 22.9. The van der Waals surface area contributed by atoms with Gasteiger partial charge in [0, 0.05) is 57.1 Å². The SMILES string of the molecule is CC1Cc2ccccc2N1CCNC(=O)[C@H]1CNC[C@@H]1c1cnn(C)c1.Cl.Cl. The smallest absolute Gasteiger partial charge is 0.225 e. The molecule has 0 bridgehead atoms. The van der Waals surface area contributed by atoms with Gasteiger partial charge < -0.3 is 15.5 Å². The molecule has 1 aromatic carbocycles. The number of hydrogen-bond acceptors (Lipinski definition) is 4. The van der Waals surface area contributed by atoms with Gasteiger partial charge in [0.2, 0.25) is 5.91 Å². The predicted molar refractivity (Wildman–Crippen MR) is 117 cm³/mol. The third-order valence-electron chi connectivity index (χ3n) is 5.70. The van der Waals surface area contributed by atoms with Crippen molar-refractivity contribution in [2.45, 2.75) is 25.3 Å². The molecule has 1 aromatic heterocycles. The Morgan fingerprint density at radius 3 is 2.82 bits per heavy atom. The maximum atomic E-state index is 12.7. The van der Waals surface area contributed by atoms with Gasteiger partial charge in [-0.15, -0.1) is 24.8 Å². The number of benzene rings is 1. The summed E-state index contributed by atoms with van der Waals surface area (Å²) in [6.45, 7) is 5.34. The molecule has 2 aromatic rings. The number of halogens is 2. The zero-order valence-corrected chi connectivity index (χ0v) is 17.9. The van der Waals surface area contributed by atoms with Crippen molar-refractivity contribution in [2.24, 2.45) is 13.0 Å². The maximum Gasteiger partial charge on any atom is 0.225 e. The molecule has 4 rings (SSSR count). The highest BCUT2D eigenvalue weighted by Crippen LogP contribution is 2.31. The summed E-state index contributed by atoms with van der Waals surface area (Å²) < 4.78 is 1.80. The molecule has 3 heterocycles. The van der Waals surface area contributed by atoms with Crippen molar-refractivity contribution in [3.63, 3.8) is 0 Å². The first-order valence-corrected chi connectivity index (χ1v) is 9.45. The number of nitrogens with zero attached hydrogens (tertiary/aromatic N) is 3. The number of nitrogens with one attached hydrogen (secondary N) is 2. The van der Waals surface area contributed by atoms with Crippen LogP contribution in [0.2, 0.25) is 0 Å². The molecule has 1 fully saturated rings. The molecule has 0 radical (unpaired) electrons. The van der Waals surface area contributed by atoms with Gasteiger partial charge in [-0.1, -0.05) is 18.2 Å². The molecular formula is C20H29Cl2N5O. The fourth-order valence-corrected chi connectivity index (χ4v) is 4.34. The zero-order valence-electron chi connectivity index (χ0n) is 16.3. The van der Waals surface area contributed by atoms with Gasteiger partial charge in [0.15, 0.2) is 0 Å². The van der Waals surface area contributed by atoms with Crippen molar-refractivity contribution in [3.8, 4) is 0 Å². The number of fused-ring (bicyclic) bond motifs is 1. The van der Waals surface area contributed by atoms with Crippen LogP contribution >= 0.6 is 24.8 Å². The number of carbonyl (C=O) groups is 1. The number of anilines is 1. The van der Waals surface area contributed by atoms with Crippen molar-refractivity contribution >= 4 is 36.4 Å². The largest absolute Gasteiger partial charge is 0.367 e. The number of carbonyl (C=O) groups excluding carboxylic acids is 1. The minimum atomic E-state index is -0.0255. The summed E-state index contributed by atoms with van der Waals surface area (Å²) in [7, 11) is 1.91. The Hall–Kier alpha value is -1.76. The van der Waals surface area contributed by atoms with E-state index in [0.717, 1.165) is 31.6 Å². The first-order chi connectivity index (χ1) is 12.6. The fraction of sp³-hybridized carbons (Fsp3) is 0.500. The molecule has 3 atom stereocenters. The average Bonchev–Trinajstić information content (AvgIpc) is 3.33. The van der Waals surface area contributed by atoms with E-state index in [2.05, 4.69) is 51.8 Å². The summed E-state index contributed by atoms with van der Waals surface area (Å²) in [5, 5.41) is 10.8. The second kappa shape index (κ2) is 9.63. The highest BCUT2D eigenvalue weighted by molar-refractivity contribution is 5.85. The molecule has 2 aliphatic heterocycles. The van der Waals surface area contributed by atoms with Crippen LogP contribution in [0.1, 0.15) is 24.0 Å². The third kappa shape index (κ3) is 4.45. The summed E-state index contributed by atoms with van der Waals surface area (Å²) in [6, 6.07) is 9.06. The highest BCUT2D eigenvalue weighted by atomic mass is 35.5. The van der Waals surface area contributed by atoms with Gasteiger partial charge in [-0.05, 0) is 30.5 Å². The first-order valence-electron chi connectivity index (χ1n) is 9.45. The molecule has 154 valence electrons. The van der Waals surface area contributed by atoms with Gasteiger partial charge in [0.05, 0.1) is 12.1 Å². The van der Waals surface area contributed by atoms with Crippen molar-refractivity contribution in [1.82, 2.24) is 20.4 Å². The Morgan fingerprint density at radius 2 is 2.07 bits per heavy atom. The molecule has 2 N–H and O–H groups in total. The van der Waals surface area contributed by atoms with Gasteiger partial charge in [-0.3, -0.25) is 9.48 Å². The van der Waals surface area contributed by atoms with Crippen molar-refractivity contribution in [1.29, 1.82) is 0 Å². The van der Waals surface area contributed by atoms with E-state index in [-0.39, 0.29) is 42.6 Å². The first kappa shape index (κ1) is 22.5. The molecular weight excluding hydrogens is 397 g/mol. The van der Waals surface area contributed by atoms with Crippen LogP contribution < -0.4 is 15.5 Å². The lowest BCUT2D eigenvalue weighted by Crippen LogP contribution is -2.41. The van der Waals surface area contributed by atoms with Crippen LogP contribution in [0.25, 0.3) is 0 Å². The molecule has 2 aliphatic rings. The second-order valence-corrected chi connectivity index (χ2v) is 7.48. The zero-order chi connectivity index (χ0) is 18.1. The van der Waals surface area contributed by atoms with Crippen LogP contribution in [-0.2, 0) is 18.3 Å². The molecule has 0 aliphatic carbocycles. The summed E-state index contributed by atoms with van der Waals surface area (Å²) in [5.74, 6) is 0.321. The van der Waals surface area contributed by atoms with Crippen LogP contribution in [-0.4, -0.2) is 47.9 Å². The lowest BCUT2D eigenvalue weighted by molar-refractivity contribution is -0.124. The predicted octanol–water partition coefficient (Wildman–Crippen LogP) is 2.13. The molecule has 1 amide bonds. The molecule has 8 heteroatoms. The summed E-state index contributed by atoms with van der Waals surface area (Å²) >= 11 is 0. The van der Waals surface area contributed by atoms with Crippen LogP contribution in [0.4, 0.5) is 5.69 Å². The minimum Gasteiger partial charge on any atom is -0.367 e. The topological polar surface area (TPSA) is 62.2 Å². The number of aryl methyl sites for hydroxylation is 1. The summed E-state index contributed by atoms with van der Waals surface area (Å²) in [5.41, 5.74) is 3.85. The Labute approximate surface area is 178 Å². The fourth-order valence-electron chi connectivity index (χ4n) is 4.34. The monoisotopic (exact) mass is 425 g/mol. The minimum absolute atomic E-state index is 0. The highest BCUT2D eigenvalue weighted by Gasteiger charge is 2.34.